The van der Waals surface area contributed by atoms with E-state index in [1.807, 2.05) is 43.3 Å². The largest absolute Gasteiger partial charge is 0.450 e. The van der Waals surface area contributed by atoms with Gasteiger partial charge in [0, 0.05) is 22.4 Å². The van der Waals surface area contributed by atoms with E-state index in [-0.39, 0.29) is 18.6 Å². The molecule has 1 atom stereocenters. The molecule has 3 rings (SSSR count). The van der Waals surface area contributed by atoms with Crippen LogP contribution in [0.5, 0.6) is 0 Å². The van der Waals surface area contributed by atoms with E-state index in [1.54, 1.807) is 6.92 Å². The topological polar surface area (TPSA) is 62.5 Å². The van der Waals surface area contributed by atoms with Gasteiger partial charge in [0.15, 0.2) is 5.76 Å². The second-order valence-corrected chi connectivity index (χ2v) is 5.28. The van der Waals surface area contributed by atoms with E-state index in [4.69, 9.17) is 9.52 Å². The first-order valence-electron chi connectivity index (χ1n) is 6.94. The van der Waals surface area contributed by atoms with Crippen LogP contribution in [0.1, 0.15) is 23.0 Å². The molecule has 0 saturated heterocycles. The van der Waals surface area contributed by atoms with Gasteiger partial charge >= 0.3 is 0 Å². The smallest absolute Gasteiger partial charge is 0.287 e. The third-order valence-corrected chi connectivity index (χ3v) is 3.69. The number of nitrogens with one attached hydrogen (secondary N) is 1. The van der Waals surface area contributed by atoms with Crippen LogP contribution in [0.4, 0.5) is 0 Å². The number of amides is 1. The number of aryl methyl sites for hydroxylation is 1. The van der Waals surface area contributed by atoms with Gasteiger partial charge in [0.2, 0.25) is 0 Å². The molecule has 2 aromatic carbocycles. The molecule has 0 aliphatic rings. The summed E-state index contributed by atoms with van der Waals surface area (Å²) in [5.74, 6) is 0.0102. The maximum atomic E-state index is 12.2. The third kappa shape index (κ3) is 2.28. The summed E-state index contributed by atoms with van der Waals surface area (Å²) in [6.07, 6.45) is 0. The lowest BCUT2D eigenvalue weighted by Crippen LogP contribution is -2.35. The number of aliphatic hydroxyl groups is 1. The molecule has 1 heterocycles. The molecule has 1 amide bonds. The van der Waals surface area contributed by atoms with Crippen molar-refractivity contribution < 1.29 is 14.3 Å². The summed E-state index contributed by atoms with van der Waals surface area (Å²) >= 11 is 0. The van der Waals surface area contributed by atoms with Gasteiger partial charge in [0.25, 0.3) is 5.91 Å². The highest BCUT2D eigenvalue weighted by atomic mass is 16.3. The highest BCUT2D eigenvalue weighted by Crippen LogP contribution is 2.31. The van der Waals surface area contributed by atoms with Gasteiger partial charge in [-0.25, -0.2) is 0 Å². The fourth-order valence-electron chi connectivity index (χ4n) is 2.50. The predicted molar refractivity (Wildman–Crippen MR) is 82.5 cm³/mol. The van der Waals surface area contributed by atoms with Gasteiger partial charge < -0.3 is 14.8 Å². The van der Waals surface area contributed by atoms with Gasteiger partial charge in [-0.3, -0.25) is 4.79 Å². The first-order valence-corrected chi connectivity index (χ1v) is 6.94. The summed E-state index contributed by atoms with van der Waals surface area (Å²) in [6.45, 7) is 3.51. The minimum atomic E-state index is -0.304. The van der Waals surface area contributed by atoms with E-state index in [9.17, 15) is 4.79 Å². The van der Waals surface area contributed by atoms with Gasteiger partial charge in [-0.05, 0) is 19.2 Å². The number of carbonyl (C=O) groups is 1. The lowest BCUT2D eigenvalue weighted by atomic mass is 10.1. The Labute approximate surface area is 122 Å². The molecule has 2 N–H and O–H groups in total. The lowest BCUT2D eigenvalue weighted by Gasteiger charge is -2.09. The van der Waals surface area contributed by atoms with Crippen molar-refractivity contribution in [2.45, 2.75) is 19.9 Å². The molecule has 1 unspecified atom stereocenters. The number of fused-ring (bicyclic) bond motifs is 3. The maximum absolute atomic E-state index is 12.2. The molecule has 0 saturated carbocycles. The van der Waals surface area contributed by atoms with Crippen molar-refractivity contribution in [1.82, 2.24) is 5.32 Å². The maximum Gasteiger partial charge on any atom is 0.287 e. The lowest BCUT2D eigenvalue weighted by molar-refractivity contribution is 0.0895. The Balaban J connectivity index is 2.15. The highest BCUT2D eigenvalue weighted by molar-refractivity contribution is 6.08. The quantitative estimate of drug-likeness (QED) is 0.776. The molecule has 1 aromatic heterocycles. The Morgan fingerprint density at radius 3 is 2.76 bits per heavy atom. The standard InChI is InChI=1S/C17H17NO3/c1-10(9-19)18-17(20)15-11(2)13-8-7-12-5-3-4-6-14(12)16(13)21-15/h3-8,10,19H,9H2,1-2H3,(H,18,20). The first-order chi connectivity index (χ1) is 10.1. The zero-order chi connectivity index (χ0) is 15.0. The second-order valence-electron chi connectivity index (χ2n) is 5.28. The van der Waals surface area contributed by atoms with Crippen molar-refractivity contribution in [2.24, 2.45) is 0 Å². The summed E-state index contributed by atoms with van der Waals surface area (Å²) in [5, 5.41) is 14.8. The molecular weight excluding hydrogens is 266 g/mol. The summed E-state index contributed by atoms with van der Waals surface area (Å²) in [5.41, 5.74) is 1.55. The van der Waals surface area contributed by atoms with E-state index in [1.165, 1.54) is 0 Å². The fourth-order valence-corrected chi connectivity index (χ4v) is 2.50. The Bertz CT molecular complexity index is 819. The molecule has 21 heavy (non-hydrogen) atoms. The van der Waals surface area contributed by atoms with E-state index >= 15 is 0 Å². The third-order valence-electron chi connectivity index (χ3n) is 3.69. The van der Waals surface area contributed by atoms with Crippen molar-refractivity contribution >= 4 is 27.6 Å². The molecule has 0 bridgehead atoms. The Kier molecular flexibility index (Phi) is 3.39. The number of carbonyl (C=O) groups excluding carboxylic acids is 1. The van der Waals surface area contributed by atoms with Crippen LogP contribution in [-0.4, -0.2) is 23.7 Å². The summed E-state index contributed by atoms with van der Waals surface area (Å²) in [6, 6.07) is 11.6. The molecule has 0 fully saturated rings. The van der Waals surface area contributed by atoms with Crippen molar-refractivity contribution in [3.8, 4) is 0 Å². The zero-order valence-electron chi connectivity index (χ0n) is 12.0. The SMILES string of the molecule is Cc1c(C(=O)NC(C)CO)oc2c1ccc1ccccc12. The Morgan fingerprint density at radius 2 is 2.00 bits per heavy atom. The molecule has 4 nitrogen and oxygen atoms in total. The Hall–Kier alpha value is -2.33. The van der Waals surface area contributed by atoms with Crippen LogP contribution >= 0.6 is 0 Å². The van der Waals surface area contributed by atoms with E-state index in [0.29, 0.717) is 5.76 Å². The van der Waals surface area contributed by atoms with E-state index in [2.05, 4.69) is 5.32 Å². The van der Waals surface area contributed by atoms with Gasteiger partial charge in [-0.1, -0.05) is 36.4 Å². The number of benzene rings is 2. The van der Waals surface area contributed by atoms with Crippen LogP contribution in [-0.2, 0) is 0 Å². The minimum Gasteiger partial charge on any atom is -0.450 e. The highest BCUT2D eigenvalue weighted by Gasteiger charge is 2.19. The van der Waals surface area contributed by atoms with Crippen LogP contribution in [0.3, 0.4) is 0 Å². The van der Waals surface area contributed by atoms with Crippen LogP contribution in [0.15, 0.2) is 40.8 Å². The minimum absolute atomic E-state index is 0.103. The van der Waals surface area contributed by atoms with Crippen LogP contribution in [0.25, 0.3) is 21.7 Å². The first kappa shape index (κ1) is 13.6. The summed E-state index contributed by atoms with van der Waals surface area (Å²) in [4.78, 5) is 12.2. The molecule has 0 radical (unpaired) electrons. The number of hydrogen-bond acceptors (Lipinski definition) is 3. The van der Waals surface area contributed by atoms with Gasteiger partial charge in [0.05, 0.1) is 6.61 Å². The van der Waals surface area contributed by atoms with Crippen LogP contribution < -0.4 is 5.32 Å². The summed E-state index contributed by atoms with van der Waals surface area (Å²) in [7, 11) is 0. The van der Waals surface area contributed by atoms with Gasteiger partial charge in [0.1, 0.15) is 5.58 Å². The van der Waals surface area contributed by atoms with E-state index < -0.39 is 0 Å². The summed E-state index contributed by atoms with van der Waals surface area (Å²) < 4.78 is 5.83. The Morgan fingerprint density at radius 1 is 1.24 bits per heavy atom. The monoisotopic (exact) mass is 283 g/mol. The molecule has 108 valence electrons. The fraction of sp³-hybridized carbons (Fsp3) is 0.235. The average Bonchev–Trinajstić information content (AvgIpc) is 2.85. The number of furan rings is 1. The van der Waals surface area contributed by atoms with Crippen molar-refractivity contribution in [3.05, 3.63) is 47.7 Å². The van der Waals surface area contributed by atoms with Crippen molar-refractivity contribution in [2.75, 3.05) is 6.61 Å². The van der Waals surface area contributed by atoms with Crippen LogP contribution in [0, 0.1) is 6.92 Å². The van der Waals surface area contributed by atoms with Crippen molar-refractivity contribution in [1.29, 1.82) is 0 Å². The van der Waals surface area contributed by atoms with E-state index in [0.717, 1.165) is 27.3 Å². The molecule has 0 aliphatic carbocycles. The molecule has 4 heteroatoms. The normalized spacial score (nSPS) is 12.7. The predicted octanol–water partition coefficient (Wildman–Crippen LogP) is 3.01. The molecular formula is C17H17NO3. The molecule has 3 aromatic rings. The average molecular weight is 283 g/mol. The van der Waals surface area contributed by atoms with Crippen LogP contribution in [0.2, 0.25) is 0 Å². The van der Waals surface area contributed by atoms with Gasteiger partial charge in [-0.15, -0.1) is 0 Å². The van der Waals surface area contributed by atoms with Crippen molar-refractivity contribution in [3.63, 3.8) is 0 Å². The zero-order valence-corrected chi connectivity index (χ0v) is 12.0. The molecule has 0 spiro atoms. The number of hydrogen-bond donors (Lipinski definition) is 2. The molecule has 0 aliphatic heterocycles. The van der Waals surface area contributed by atoms with Gasteiger partial charge in [-0.2, -0.15) is 0 Å². The number of rotatable bonds is 3. The number of aliphatic hydroxyl groups excluding tert-OH is 1. The second kappa shape index (κ2) is 5.22.